The van der Waals surface area contributed by atoms with E-state index in [1.54, 1.807) is 0 Å². The molecular weight excluding hydrogens is 196 g/mol. The normalized spacial score (nSPS) is 19.7. The molecule has 0 radical (unpaired) electrons. The number of carbonyl (C=O) groups excluding carboxylic acids is 1. The summed E-state index contributed by atoms with van der Waals surface area (Å²) in [5.41, 5.74) is 5.62. The highest BCUT2D eigenvalue weighted by Gasteiger charge is 2.38. The lowest BCUT2D eigenvalue weighted by Crippen LogP contribution is -2.51. The van der Waals surface area contributed by atoms with E-state index in [4.69, 9.17) is 10.8 Å². The molecule has 1 saturated carbocycles. The van der Waals surface area contributed by atoms with E-state index < -0.39 is 18.1 Å². The van der Waals surface area contributed by atoms with E-state index in [1.807, 2.05) is 13.8 Å². The minimum absolute atomic E-state index is 0.0126. The molecule has 2 atom stereocenters. The highest BCUT2D eigenvalue weighted by Crippen LogP contribution is 2.32. The molecule has 86 valence electrons. The molecule has 0 aromatic carbocycles. The second kappa shape index (κ2) is 4.61. The maximum atomic E-state index is 11.5. The van der Waals surface area contributed by atoms with Crippen molar-refractivity contribution < 1.29 is 14.7 Å². The second-order valence-corrected chi connectivity index (χ2v) is 4.43. The zero-order chi connectivity index (χ0) is 11.6. The minimum Gasteiger partial charge on any atom is -0.480 e. The van der Waals surface area contributed by atoms with Crippen LogP contribution in [0.25, 0.3) is 0 Å². The Morgan fingerprint density at radius 2 is 1.93 bits per heavy atom. The molecule has 1 aliphatic carbocycles. The van der Waals surface area contributed by atoms with Crippen LogP contribution in [0.2, 0.25) is 0 Å². The van der Waals surface area contributed by atoms with Gasteiger partial charge < -0.3 is 16.2 Å². The summed E-state index contributed by atoms with van der Waals surface area (Å²) in [7, 11) is 0. The summed E-state index contributed by atoms with van der Waals surface area (Å²) in [6, 6.07) is -1.40. The number of hydrogen-bond acceptors (Lipinski definition) is 3. The lowest BCUT2D eigenvalue weighted by atomic mass is 10.0. The van der Waals surface area contributed by atoms with Gasteiger partial charge in [0.1, 0.15) is 6.04 Å². The molecule has 0 saturated heterocycles. The summed E-state index contributed by atoms with van der Waals surface area (Å²) in [5.74, 6) is -1.24. The average molecular weight is 214 g/mol. The number of carboxylic acid groups (broad SMARTS) is 1. The quantitative estimate of drug-likeness (QED) is 0.598. The molecule has 15 heavy (non-hydrogen) atoms. The van der Waals surface area contributed by atoms with Gasteiger partial charge in [0, 0.05) is 0 Å². The van der Waals surface area contributed by atoms with Gasteiger partial charge in [0.25, 0.3) is 0 Å². The van der Waals surface area contributed by atoms with Crippen LogP contribution in [-0.2, 0) is 9.59 Å². The largest absolute Gasteiger partial charge is 0.480 e. The van der Waals surface area contributed by atoms with E-state index in [-0.39, 0.29) is 17.7 Å². The molecule has 1 fully saturated rings. The smallest absolute Gasteiger partial charge is 0.326 e. The van der Waals surface area contributed by atoms with E-state index >= 15 is 0 Å². The molecule has 5 nitrogen and oxygen atoms in total. The number of rotatable bonds is 5. The Bertz CT molecular complexity index is 261. The van der Waals surface area contributed by atoms with Crippen molar-refractivity contribution in [3.05, 3.63) is 0 Å². The summed E-state index contributed by atoms with van der Waals surface area (Å²) < 4.78 is 0. The molecule has 0 bridgehead atoms. The highest BCUT2D eigenvalue weighted by atomic mass is 16.4. The molecule has 1 amide bonds. The Morgan fingerprint density at radius 1 is 1.40 bits per heavy atom. The van der Waals surface area contributed by atoms with E-state index in [0.29, 0.717) is 0 Å². The third-order valence-corrected chi connectivity index (χ3v) is 2.68. The predicted octanol–water partition coefficient (Wildman–Crippen LogP) is -0.0509. The fourth-order valence-corrected chi connectivity index (χ4v) is 1.36. The first-order chi connectivity index (χ1) is 6.93. The standard InChI is InChI=1S/C10H18N2O3/c1-5(2)7(11)9(13)12-8(10(14)15)6-3-4-6/h5-8H,3-4,11H2,1-2H3,(H,12,13)(H,14,15)/t7-,8?/m0/s1. The number of carboxylic acids is 1. The number of nitrogens with one attached hydrogen (secondary N) is 1. The molecule has 4 N–H and O–H groups in total. The molecule has 1 unspecified atom stereocenters. The monoisotopic (exact) mass is 214 g/mol. The molecule has 0 aromatic rings. The first-order valence-corrected chi connectivity index (χ1v) is 5.22. The van der Waals surface area contributed by atoms with E-state index in [1.165, 1.54) is 0 Å². The van der Waals surface area contributed by atoms with Crippen LogP contribution < -0.4 is 11.1 Å². The van der Waals surface area contributed by atoms with Crippen LogP contribution in [0.1, 0.15) is 26.7 Å². The molecule has 5 heteroatoms. The van der Waals surface area contributed by atoms with Gasteiger partial charge in [-0.3, -0.25) is 4.79 Å². The van der Waals surface area contributed by atoms with Gasteiger partial charge in [-0.2, -0.15) is 0 Å². The van der Waals surface area contributed by atoms with Crippen molar-refractivity contribution in [2.75, 3.05) is 0 Å². The Morgan fingerprint density at radius 3 is 2.27 bits per heavy atom. The van der Waals surface area contributed by atoms with E-state index in [2.05, 4.69) is 5.32 Å². The summed E-state index contributed by atoms with van der Waals surface area (Å²) in [6.07, 6.45) is 1.74. The van der Waals surface area contributed by atoms with Crippen LogP contribution in [0.3, 0.4) is 0 Å². The van der Waals surface area contributed by atoms with Gasteiger partial charge in [-0.15, -0.1) is 0 Å². The van der Waals surface area contributed by atoms with Gasteiger partial charge in [-0.05, 0) is 24.7 Å². The van der Waals surface area contributed by atoms with E-state index in [0.717, 1.165) is 12.8 Å². The highest BCUT2D eigenvalue weighted by molar-refractivity contribution is 5.87. The first kappa shape index (κ1) is 12.0. The fraction of sp³-hybridized carbons (Fsp3) is 0.800. The maximum Gasteiger partial charge on any atom is 0.326 e. The van der Waals surface area contributed by atoms with Crippen molar-refractivity contribution in [2.24, 2.45) is 17.6 Å². The van der Waals surface area contributed by atoms with Gasteiger partial charge in [0.2, 0.25) is 5.91 Å². The van der Waals surface area contributed by atoms with Gasteiger partial charge in [-0.25, -0.2) is 4.79 Å². The van der Waals surface area contributed by atoms with Crippen LogP contribution in [0, 0.1) is 11.8 Å². The molecule has 0 aromatic heterocycles. The molecule has 0 heterocycles. The summed E-state index contributed by atoms with van der Waals surface area (Å²) in [6.45, 7) is 3.66. The Labute approximate surface area is 89.0 Å². The fourth-order valence-electron chi connectivity index (χ4n) is 1.36. The number of nitrogens with two attached hydrogens (primary N) is 1. The van der Waals surface area contributed by atoms with Crippen molar-refractivity contribution in [2.45, 2.75) is 38.8 Å². The van der Waals surface area contributed by atoms with Crippen molar-refractivity contribution in [1.29, 1.82) is 0 Å². The van der Waals surface area contributed by atoms with Gasteiger partial charge in [0.15, 0.2) is 0 Å². The number of amides is 1. The number of carbonyl (C=O) groups is 2. The van der Waals surface area contributed by atoms with Crippen molar-refractivity contribution in [3.8, 4) is 0 Å². The minimum atomic E-state index is -0.971. The van der Waals surface area contributed by atoms with E-state index in [9.17, 15) is 9.59 Å². The summed E-state index contributed by atoms with van der Waals surface area (Å²) >= 11 is 0. The zero-order valence-corrected chi connectivity index (χ0v) is 9.06. The predicted molar refractivity (Wildman–Crippen MR) is 55.1 cm³/mol. The third kappa shape index (κ3) is 3.20. The van der Waals surface area contributed by atoms with Gasteiger partial charge in [0.05, 0.1) is 6.04 Å². The lowest BCUT2D eigenvalue weighted by molar-refractivity contribution is -0.142. The van der Waals surface area contributed by atoms with Crippen molar-refractivity contribution >= 4 is 11.9 Å². The summed E-state index contributed by atoms with van der Waals surface area (Å²) in [4.78, 5) is 22.4. The molecule has 0 spiro atoms. The first-order valence-electron chi connectivity index (χ1n) is 5.22. The van der Waals surface area contributed by atoms with Gasteiger partial charge >= 0.3 is 5.97 Å². The van der Waals surface area contributed by atoms with Crippen LogP contribution >= 0.6 is 0 Å². The van der Waals surface area contributed by atoms with Crippen LogP contribution in [0.15, 0.2) is 0 Å². The number of hydrogen-bond donors (Lipinski definition) is 3. The Balaban J connectivity index is 2.50. The van der Waals surface area contributed by atoms with Crippen molar-refractivity contribution in [3.63, 3.8) is 0 Å². The number of aliphatic carboxylic acids is 1. The molecule has 1 aliphatic rings. The SMILES string of the molecule is CC(C)[C@H](N)C(=O)NC(C(=O)O)C1CC1. The van der Waals surface area contributed by atoms with Gasteiger partial charge in [-0.1, -0.05) is 13.8 Å². The maximum absolute atomic E-state index is 11.5. The van der Waals surface area contributed by atoms with Crippen LogP contribution in [0.4, 0.5) is 0 Å². The Kier molecular flexibility index (Phi) is 3.68. The third-order valence-electron chi connectivity index (χ3n) is 2.68. The van der Waals surface area contributed by atoms with Crippen molar-refractivity contribution in [1.82, 2.24) is 5.32 Å². The zero-order valence-electron chi connectivity index (χ0n) is 9.06. The molecular formula is C10H18N2O3. The topological polar surface area (TPSA) is 92.4 Å². The molecule has 1 rings (SSSR count). The van der Waals surface area contributed by atoms with Crippen LogP contribution in [-0.4, -0.2) is 29.1 Å². The second-order valence-electron chi connectivity index (χ2n) is 4.43. The average Bonchev–Trinajstić information content (AvgIpc) is 2.95. The lowest BCUT2D eigenvalue weighted by Gasteiger charge is -2.19. The molecule has 0 aliphatic heterocycles. The Hall–Kier alpha value is -1.10. The van der Waals surface area contributed by atoms with Crippen LogP contribution in [0.5, 0.6) is 0 Å². The summed E-state index contributed by atoms with van der Waals surface area (Å²) in [5, 5.41) is 11.4.